The molecule has 6 nitrogen and oxygen atoms in total. The fourth-order valence-corrected chi connectivity index (χ4v) is 3.01. The standard InChI is InChI=1S/C18H12F4N6S/c19-11-3-1-9(13(21)5-11)7-23-15-16(26-18-17(25-15)27-29-28-18)24-8-10-2-4-12(20)6-14(10)22/h1-6H,7-8H2,(H,23,25,27)(H,24,26,28). The molecule has 0 bridgehead atoms. The molecule has 148 valence electrons. The predicted octanol–water partition coefficient (Wildman–Crippen LogP) is 4.26. The summed E-state index contributed by atoms with van der Waals surface area (Å²) >= 11 is 0.923. The highest BCUT2D eigenvalue weighted by molar-refractivity contribution is 6.99. The minimum atomic E-state index is -0.704. The number of nitrogens with zero attached hydrogens (tertiary/aromatic N) is 4. The van der Waals surface area contributed by atoms with Crippen LogP contribution in [0.25, 0.3) is 11.3 Å². The molecule has 11 heteroatoms. The topological polar surface area (TPSA) is 75.6 Å². The van der Waals surface area contributed by atoms with Crippen LogP contribution in [0.3, 0.4) is 0 Å². The summed E-state index contributed by atoms with van der Waals surface area (Å²) in [4.78, 5) is 8.59. The first kappa shape index (κ1) is 19.0. The third kappa shape index (κ3) is 4.24. The van der Waals surface area contributed by atoms with E-state index in [2.05, 4.69) is 29.3 Å². The van der Waals surface area contributed by atoms with Crippen molar-refractivity contribution in [2.75, 3.05) is 10.6 Å². The molecule has 0 radical (unpaired) electrons. The summed E-state index contributed by atoms with van der Waals surface area (Å²) in [5.41, 5.74) is 1.02. The first-order valence-corrected chi connectivity index (χ1v) is 9.08. The van der Waals surface area contributed by atoms with Crippen LogP contribution in [0.5, 0.6) is 0 Å². The van der Waals surface area contributed by atoms with Crippen molar-refractivity contribution in [1.29, 1.82) is 0 Å². The number of nitrogens with one attached hydrogen (secondary N) is 2. The van der Waals surface area contributed by atoms with Crippen molar-refractivity contribution in [3.8, 4) is 0 Å². The van der Waals surface area contributed by atoms with E-state index in [4.69, 9.17) is 0 Å². The SMILES string of the molecule is Fc1ccc(CNc2nc3nsnc3nc2NCc2ccc(F)cc2F)c(F)c1. The molecule has 2 aromatic carbocycles. The molecule has 29 heavy (non-hydrogen) atoms. The second-order valence-corrected chi connectivity index (χ2v) is 6.54. The van der Waals surface area contributed by atoms with Gasteiger partial charge < -0.3 is 10.6 Å². The lowest BCUT2D eigenvalue weighted by Crippen LogP contribution is -2.11. The molecular weight excluding hydrogens is 408 g/mol. The molecule has 4 aromatic rings. The van der Waals surface area contributed by atoms with Gasteiger partial charge in [0.05, 0.1) is 11.7 Å². The van der Waals surface area contributed by atoms with Crippen LogP contribution in [0.4, 0.5) is 29.2 Å². The molecule has 0 atom stereocenters. The Labute approximate surface area is 166 Å². The van der Waals surface area contributed by atoms with E-state index in [1.807, 2.05) is 0 Å². The lowest BCUT2D eigenvalue weighted by Gasteiger charge is -2.13. The maximum absolute atomic E-state index is 13.9. The third-order valence-electron chi connectivity index (χ3n) is 4.04. The summed E-state index contributed by atoms with van der Waals surface area (Å²) in [7, 11) is 0. The van der Waals surface area contributed by atoms with E-state index < -0.39 is 23.3 Å². The number of hydrogen-bond acceptors (Lipinski definition) is 7. The summed E-state index contributed by atoms with van der Waals surface area (Å²) in [6.45, 7) is 0.00686. The fraction of sp³-hybridized carbons (Fsp3) is 0.111. The Morgan fingerprint density at radius 2 is 1.14 bits per heavy atom. The second-order valence-electron chi connectivity index (χ2n) is 6.01. The van der Waals surface area contributed by atoms with Crippen LogP contribution in [0.15, 0.2) is 36.4 Å². The molecule has 2 N–H and O–H groups in total. The van der Waals surface area contributed by atoms with Gasteiger partial charge in [-0.2, -0.15) is 8.75 Å². The van der Waals surface area contributed by atoms with Crippen LogP contribution in [0.1, 0.15) is 11.1 Å². The summed E-state index contributed by atoms with van der Waals surface area (Å²) in [6, 6.07) is 6.50. The molecule has 0 aliphatic heterocycles. The minimum absolute atomic E-state index is 0.00343. The number of rotatable bonds is 6. The average molecular weight is 420 g/mol. The van der Waals surface area contributed by atoms with Crippen molar-refractivity contribution in [1.82, 2.24) is 18.7 Å². The smallest absolute Gasteiger partial charge is 0.214 e. The second kappa shape index (κ2) is 7.95. The Hall–Kier alpha value is -3.34. The molecule has 0 aliphatic carbocycles. The highest BCUT2D eigenvalue weighted by Crippen LogP contribution is 2.23. The molecule has 0 fully saturated rings. The van der Waals surface area contributed by atoms with Gasteiger partial charge in [-0.1, -0.05) is 12.1 Å². The van der Waals surface area contributed by atoms with Crippen molar-refractivity contribution in [2.45, 2.75) is 13.1 Å². The number of halogens is 4. The lowest BCUT2D eigenvalue weighted by molar-refractivity contribution is 0.573. The highest BCUT2D eigenvalue weighted by Gasteiger charge is 2.14. The van der Waals surface area contributed by atoms with E-state index >= 15 is 0 Å². The number of benzene rings is 2. The summed E-state index contributed by atoms with van der Waals surface area (Å²) in [6.07, 6.45) is 0. The molecule has 0 unspecified atom stereocenters. The van der Waals surface area contributed by atoms with Crippen molar-refractivity contribution in [2.24, 2.45) is 0 Å². The van der Waals surface area contributed by atoms with E-state index in [1.54, 1.807) is 0 Å². The van der Waals surface area contributed by atoms with Gasteiger partial charge in [-0.05, 0) is 12.1 Å². The van der Waals surface area contributed by atoms with Crippen molar-refractivity contribution < 1.29 is 17.6 Å². The number of fused-ring (bicyclic) bond motifs is 1. The third-order valence-corrected chi connectivity index (χ3v) is 4.55. The molecule has 0 spiro atoms. The van der Waals surface area contributed by atoms with Gasteiger partial charge in [0.25, 0.3) is 0 Å². The number of anilines is 2. The van der Waals surface area contributed by atoms with E-state index in [0.29, 0.717) is 0 Å². The zero-order valence-corrected chi connectivity index (χ0v) is 15.4. The van der Waals surface area contributed by atoms with Crippen LogP contribution < -0.4 is 10.6 Å². The van der Waals surface area contributed by atoms with E-state index in [1.165, 1.54) is 12.1 Å². The van der Waals surface area contributed by atoms with E-state index in [0.717, 1.165) is 36.0 Å². The molecule has 0 saturated carbocycles. The molecule has 0 amide bonds. The van der Waals surface area contributed by atoms with Crippen molar-refractivity contribution >= 4 is 34.7 Å². The van der Waals surface area contributed by atoms with E-state index in [9.17, 15) is 17.6 Å². The molecule has 2 heterocycles. The van der Waals surface area contributed by atoms with Gasteiger partial charge in [0.1, 0.15) is 23.3 Å². The van der Waals surface area contributed by atoms with Crippen LogP contribution >= 0.6 is 11.7 Å². The summed E-state index contributed by atoms with van der Waals surface area (Å²) in [5.74, 6) is -2.29. The number of hydrogen-bond donors (Lipinski definition) is 2. The highest BCUT2D eigenvalue weighted by atomic mass is 32.1. The minimum Gasteiger partial charge on any atom is -0.363 e. The zero-order valence-electron chi connectivity index (χ0n) is 14.6. The van der Waals surface area contributed by atoms with Crippen molar-refractivity contribution in [3.05, 3.63) is 70.8 Å². The Bertz CT molecular complexity index is 1090. The van der Waals surface area contributed by atoms with Crippen LogP contribution in [-0.4, -0.2) is 18.7 Å². The van der Waals surface area contributed by atoms with E-state index in [-0.39, 0.29) is 47.1 Å². The fourth-order valence-electron chi connectivity index (χ4n) is 2.57. The maximum atomic E-state index is 13.9. The van der Waals surface area contributed by atoms with Gasteiger partial charge >= 0.3 is 0 Å². The van der Waals surface area contributed by atoms with Crippen LogP contribution in [0.2, 0.25) is 0 Å². The first-order valence-electron chi connectivity index (χ1n) is 8.35. The largest absolute Gasteiger partial charge is 0.363 e. The molecule has 0 aliphatic rings. The normalized spacial score (nSPS) is 11.0. The van der Waals surface area contributed by atoms with Crippen molar-refractivity contribution in [3.63, 3.8) is 0 Å². The Morgan fingerprint density at radius 1 is 0.690 bits per heavy atom. The lowest BCUT2D eigenvalue weighted by atomic mass is 10.2. The van der Waals surface area contributed by atoms with Gasteiger partial charge in [-0.25, -0.2) is 27.5 Å². The number of aromatic nitrogens is 4. The monoisotopic (exact) mass is 420 g/mol. The van der Waals surface area contributed by atoms with Gasteiger partial charge in [-0.15, -0.1) is 0 Å². The quantitative estimate of drug-likeness (QED) is 0.454. The Balaban J connectivity index is 1.58. The maximum Gasteiger partial charge on any atom is 0.214 e. The van der Waals surface area contributed by atoms with Gasteiger partial charge in [0.15, 0.2) is 11.6 Å². The predicted molar refractivity (Wildman–Crippen MR) is 100 cm³/mol. The molecule has 2 aromatic heterocycles. The summed E-state index contributed by atoms with van der Waals surface area (Å²) in [5, 5.41) is 5.83. The molecule has 0 saturated heterocycles. The van der Waals surface area contributed by atoms with Gasteiger partial charge in [0, 0.05) is 36.3 Å². The van der Waals surface area contributed by atoms with Crippen LogP contribution in [-0.2, 0) is 13.1 Å². The zero-order chi connectivity index (χ0) is 20.4. The molecule has 4 rings (SSSR count). The van der Waals surface area contributed by atoms with Gasteiger partial charge in [-0.3, -0.25) is 0 Å². The molecular formula is C18H12F4N6S. The van der Waals surface area contributed by atoms with Crippen LogP contribution in [0, 0.1) is 23.3 Å². The Kier molecular flexibility index (Phi) is 5.21. The average Bonchev–Trinajstić information content (AvgIpc) is 3.13. The van der Waals surface area contributed by atoms with Gasteiger partial charge in [0.2, 0.25) is 11.3 Å². The Morgan fingerprint density at radius 3 is 1.55 bits per heavy atom. The first-order chi connectivity index (χ1) is 14.0. The summed E-state index contributed by atoms with van der Waals surface area (Å²) < 4.78 is 61.9.